The molecule has 0 atom stereocenters. The zero-order valence-corrected chi connectivity index (χ0v) is 19.6. The minimum Gasteiger partial charge on any atom is -0.496 e. The number of carbonyl (C=O) groups excluding carboxylic acids is 2. The van der Waals surface area contributed by atoms with Crippen molar-refractivity contribution in [3.8, 4) is 11.5 Å². The Morgan fingerprint density at radius 3 is 2.59 bits per heavy atom. The summed E-state index contributed by atoms with van der Waals surface area (Å²) in [5, 5.41) is 2.86. The Balaban J connectivity index is 1.26. The lowest BCUT2D eigenvalue weighted by molar-refractivity contribution is -0.115. The molecule has 178 valence electrons. The van der Waals surface area contributed by atoms with Crippen LogP contribution in [-0.4, -0.2) is 60.9 Å². The molecule has 1 saturated carbocycles. The highest BCUT2D eigenvalue weighted by Gasteiger charge is 2.29. The lowest BCUT2D eigenvalue weighted by Gasteiger charge is -2.40. The molecule has 1 N–H and O–H groups in total. The molecule has 2 fully saturated rings. The van der Waals surface area contributed by atoms with Gasteiger partial charge in [-0.05, 0) is 43.2 Å². The van der Waals surface area contributed by atoms with Gasteiger partial charge < -0.3 is 19.7 Å². The molecule has 3 aliphatic rings. The van der Waals surface area contributed by atoms with Crippen LogP contribution in [0.3, 0.4) is 0 Å². The summed E-state index contributed by atoms with van der Waals surface area (Å²) in [6.45, 7) is 3.33. The maximum Gasteiger partial charge on any atom is 0.291 e. The molecule has 5 rings (SSSR count). The fraction of sp³-hybridized carbons (Fsp3) is 0.407. The van der Waals surface area contributed by atoms with Crippen LogP contribution in [0.4, 0.5) is 5.69 Å². The fourth-order valence-electron chi connectivity index (χ4n) is 5.14. The van der Waals surface area contributed by atoms with Crippen LogP contribution < -0.4 is 14.8 Å². The van der Waals surface area contributed by atoms with Crippen molar-refractivity contribution in [2.24, 2.45) is 0 Å². The summed E-state index contributed by atoms with van der Waals surface area (Å²) in [5.74, 6) is 0.982. The lowest BCUT2D eigenvalue weighted by atomic mass is 9.94. The van der Waals surface area contributed by atoms with E-state index < -0.39 is 0 Å². The number of anilines is 1. The maximum absolute atomic E-state index is 13.2. The van der Waals surface area contributed by atoms with Gasteiger partial charge in [0.25, 0.3) is 11.8 Å². The van der Waals surface area contributed by atoms with Gasteiger partial charge in [0, 0.05) is 43.3 Å². The van der Waals surface area contributed by atoms with Crippen LogP contribution in [0.2, 0.25) is 0 Å². The Labute approximate surface area is 200 Å². The van der Waals surface area contributed by atoms with Crippen molar-refractivity contribution in [1.82, 2.24) is 9.80 Å². The van der Waals surface area contributed by atoms with Crippen molar-refractivity contribution in [1.29, 1.82) is 0 Å². The van der Waals surface area contributed by atoms with Gasteiger partial charge in [-0.15, -0.1) is 0 Å². The van der Waals surface area contributed by atoms with Gasteiger partial charge in [-0.25, -0.2) is 0 Å². The van der Waals surface area contributed by atoms with Gasteiger partial charge in [-0.1, -0.05) is 37.5 Å². The van der Waals surface area contributed by atoms with Gasteiger partial charge in [-0.2, -0.15) is 0 Å². The first kappa shape index (κ1) is 22.5. The molecule has 0 radical (unpaired) electrons. The smallest absolute Gasteiger partial charge is 0.291 e. The molecule has 0 aromatic heterocycles. The van der Waals surface area contributed by atoms with Crippen molar-refractivity contribution in [2.45, 2.75) is 38.1 Å². The molecule has 2 aliphatic heterocycles. The summed E-state index contributed by atoms with van der Waals surface area (Å²) < 4.78 is 11.2. The van der Waals surface area contributed by atoms with E-state index in [0.717, 1.165) is 31.7 Å². The monoisotopic (exact) mass is 461 g/mol. The fourth-order valence-corrected chi connectivity index (χ4v) is 5.14. The molecule has 1 aliphatic carbocycles. The van der Waals surface area contributed by atoms with E-state index >= 15 is 0 Å². The number of ether oxygens (including phenoxy) is 2. The van der Waals surface area contributed by atoms with Gasteiger partial charge >= 0.3 is 0 Å². The molecule has 0 spiro atoms. The van der Waals surface area contributed by atoms with Gasteiger partial charge in [0.1, 0.15) is 5.75 Å². The molecule has 7 heteroatoms. The number of piperazine rings is 1. The topological polar surface area (TPSA) is 71.1 Å². The maximum atomic E-state index is 13.2. The van der Waals surface area contributed by atoms with Gasteiger partial charge in [0.05, 0.1) is 12.8 Å². The highest BCUT2D eigenvalue weighted by Crippen LogP contribution is 2.34. The molecule has 2 aromatic carbocycles. The SMILES string of the molecule is COc1ccccc1/C=C1\Oc2ccc(C(=O)N3CCN(C4CCCCC4)CC3)cc2NC1=O. The largest absolute Gasteiger partial charge is 0.496 e. The molecule has 0 bridgehead atoms. The summed E-state index contributed by atoms with van der Waals surface area (Å²) >= 11 is 0. The van der Waals surface area contributed by atoms with Crippen molar-refractivity contribution in [2.75, 3.05) is 38.6 Å². The van der Waals surface area contributed by atoms with Crippen molar-refractivity contribution < 1.29 is 19.1 Å². The van der Waals surface area contributed by atoms with E-state index in [1.807, 2.05) is 29.2 Å². The number of hydrogen-bond donors (Lipinski definition) is 1. The second kappa shape index (κ2) is 9.89. The van der Waals surface area contributed by atoms with Crippen LogP contribution in [0, 0.1) is 0 Å². The predicted molar refractivity (Wildman–Crippen MR) is 131 cm³/mol. The number of methoxy groups -OCH3 is 1. The van der Waals surface area contributed by atoms with Gasteiger partial charge in [0.15, 0.2) is 11.5 Å². The number of para-hydroxylation sites is 1. The summed E-state index contributed by atoms with van der Waals surface area (Å²) in [5.41, 5.74) is 1.82. The first-order valence-corrected chi connectivity index (χ1v) is 12.1. The summed E-state index contributed by atoms with van der Waals surface area (Å²) in [6.07, 6.45) is 8.22. The van der Waals surface area contributed by atoms with E-state index in [0.29, 0.717) is 28.8 Å². The molecule has 2 amide bonds. The molecule has 1 saturated heterocycles. The van der Waals surface area contributed by atoms with Gasteiger partial charge in [-0.3, -0.25) is 14.5 Å². The number of nitrogens with one attached hydrogen (secondary N) is 1. The number of nitrogens with zero attached hydrogens (tertiary/aromatic N) is 2. The molecule has 2 heterocycles. The second-order valence-electron chi connectivity index (χ2n) is 9.14. The van der Waals surface area contributed by atoms with E-state index in [1.165, 1.54) is 32.1 Å². The number of hydrogen-bond acceptors (Lipinski definition) is 5. The lowest BCUT2D eigenvalue weighted by Crippen LogP contribution is -2.52. The number of carbonyl (C=O) groups is 2. The van der Waals surface area contributed by atoms with Crippen LogP contribution in [0.1, 0.15) is 48.0 Å². The first-order chi connectivity index (χ1) is 16.6. The highest BCUT2D eigenvalue weighted by atomic mass is 16.5. The van der Waals surface area contributed by atoms with Crippen LogP contribution >= 0.6 is 0 Å². The zero-order valence-electron chi connectivity index (χ0n) is 19.6. The Bertz CT molecular complexity index is 1100. The molecular formula is C27H31N3O4. The van der Waals surface area contributed by atoms with Crippen molar-refractivity contribution >= 4 is 23.6 Å². The normalized spacial score (nSPS) is 20.4. The third-order valence-corrected chi connectivity index (χ3v) is 7.04. The summed E-state index contributed by atoms with van der Waals surface area (Å²) in [7, 11) is 1.59. The van der Waals surface area contributed by atoms with Crippen LogP contribution in [-0.2, 0) is 4.79 Å². The molecule has 7 nitrogen and oxygen atoms in total. The third kappa shape index (κ3) is 4.66. The van der Waals surface area contributed by atoms with Crippen LogP contribution in [0.5, 0.6) is 11.5 Å². The second-order valence-corrected chi connectivity index (χ2v) is 9.14. The summed E-state index contributed by atoms with van der Waals surface area (Å²) in [6, 6.07) is 13.3. The van der Waals surface area contributed by atoms with E-state index in [1.54, 1.807) is 31.4 Å². The minimum absolute atomic E-state index is 0.00398. The number of amides is 2. The van der Waals surface area contributed by atoms with Gasteiger partial charge in [0.2, 0.25) is 0 Å². The standard InChI is InChI=1S/C27H31N3O4/c1-33-23-10-6-5-7-19(23)18-25-26(31)28-22-17-20(11-12-24(22)34-25)27(32)30-15-13-29(14-16-30)21-8-3-2-4-9-21/h5-7,10-12,17-18,21H,2-4,8-9,13-16H2,1H3,(H,28,31)/b25-18-. The molecule has 34 heavy (non-hydrogen) atoms. The Morgan fingerprint density at radius 1 is 1.06 bits per heavy atom. The van der Waals surface area contributed by atoms with E-state index in [-0.39, 0.29) is 17.6 Å². The Morgan fingerprint density at radius 2 is 1.82 bits per heavy atom. The summed E-state index contributed by atoms with van der Waals surface area (Å²) in [4.78, 5) is 30.3. The van der Waals surface area contributed by atoms with E-state index in [4.69, 9.17) is 9.47 Å². The quantitative estimate of drug-likeness (QED) is 0.693. The third-order valence-electron chi connectivity index (χ3n) is 7.04. The molecule has 0 unspecified atom stereocenters. The molecular weight excluding hydrogens is 430 g/mol. The van der Waals surface area contributed by atoms with Crippen molar-refractivity contribution in [3.05, 3.63) is 59.4 Å². The number of rotatable bonds is 4. The average molecular weight is 462 g/mol. The zero-order chi connectivity index (χ0) is 23.5. The van der Waals surface area contributed by atoms with Crippen LogP contribution in [0.25, 0.3) is 6.08 Å². The molecule has 2 aromatic rings. The highest BCUT2D eigenvalue weighted by molar-refractivity contribution is 6.09. The van der Waals surface area contributed by atoms with Crippen molar-refractivity contribution in [3.63, 3.8) is 0 Å². The number of benzene rings is 2. The Kier molecular flexibility index (Phi) is 6.54. The average Bonchev–Trinajstić information content (AvgIpc) is 2.89. The van der Waals surface area contributed by atoms with Crippen LogP contribution in [0.15, 0.2) is 48.2 Å². The van der Waals surface area contributed by atoms with E-state index in [9.17, 15) is 9.59 Å². The predicted octanol–water partition coefficient (Wildman–Crippen LogP) is 4.16. The van der Waals surface area contributed by atoms with E-state index in [2.05, 4.69) is 10.2 Å². The number of fused-ring (bicyclic) bond motifs is 1. The minimum atomic E-state index is -0.357. The Hall–Kier alpha value is -3.32. The first-order valence-electron chi connectivity index (χ1n) is 12.1.